The van der Waals surface area contributed by atoms with Crippen LogP contribution < -0.4 is 0 Å². The maximum absolute atomic E-state index is 11.3. The van der Waals surface area contributed by atoms with Gasteiger partial charge >= 0.3 is 138 Å². The van der Waals surface area contributed by atoms with Gasteiger partial charge in [0.05, 0.1) is 0 Å². The van der Waals surface area contributed by atoms with Crippen LogP contribution in [0.3, 0.4) is 0 Å². The molecule has 0 aliphatic carbocycles. The predicted octanol–water partition coefficient (Wildman–Crippen LogP) is 4.15. The topological polar surface area (TPSA) is 37.3 Å². The molecular formula is C13H11I3O2. The van der Waals surface area contributed by atoms with Crippen LogP contribution in [-0.2, 0) is 4.79 Å². The number of carbonyl (C=O) groups is 1. The summed E-state index contributed by atoms with van der Waals surface area (Å²) in [5.74, 6) is -0.759. The van der Waals surface area contributed by atoms with Crippen molar-refractivity contribution in [3.63, 3.8) is 0 Å². The van der Waals surface area contributed by atoms with Gasteiger partial charge in [0.2, 0.25) is 0 Å². The van der Waals surface area contributed by atoms with Crippen LogP contribution in [0, 0.1) is 0 Å². The van der Waals surface area contributed by atoms with Crippen molar-refractivity contribution in [2.24, 2.45) is 0 Å². The van der Waals surface area contributed by atoms with Crippen molar-refractivity contribution in [1.29, 1.82) is 0 Å². The molecule has 0 bridgehead atoms. The molecule has 0 amide bonds. The van der Waals surface area contributed by atoms with E-state index in [0.29, 0.717) is 5.57 Å². The van der Waals surface area contributed by atoms with Crippen molar-refractivity contribution in [2.75, 3.05) is 0 Å². The Balaban J connectivity index is 2.04. The molecule has 3 aliphatic heterocycles. The van der Waals surface area contributed by atoms with E-state index in [0.717, 1.165) is 0 Å². The second-order valence-corrected chi connectivity index (χ2v) is 11.5. The van der Waals surface area contributed by atoms with Gasteiger partial charge in [-0.3, -0.25) is 0 Å². The van der Waals surface area contributed by atoms with E-state index in [1.807, 2.05) is 6.08 Å². The molecule has 5 heteroatoms. The van der Waals surface area contributed by atoms with Crippen molar-refractivity contribution in [3.8, 4) is 0 Å². The Morgan fingerprint density at radius 1 is 1.00 bits per heavy atom. The van der Waals surface area contributed by atoms with Gasteiger partial charge in [0.1, 0.15) is 0 Å². The van der Waals surface area contributed by atoms with E-state index in [1.54, 1.807) is 0 Å². The summed E-state index contributed by atoms with van der Waals surface area (Å²) in [6.07, 6.45) is 8.40. The number of hydrogen-bond donors (Lipinski definition) is 1. The van der Waals surface area contributed by atoms with Gasteiger partial charge in [-0.05, 0) is 0 Å². The molecule has 0 spiro atoms. The number of carboxylic acids is 1. The maximum atomic E-state index is 11.3. The quantitative estimate of drug-likeness (QED) is 0.510. The zero-order chi connectivity index (χ0) is 12.5. The van der Waals surface area contributed by atoms with Gasteiger partial charge in [-0.2, -0.15) is 0 Å². The summed E-state index contributed by atoms with van der Waals surface area (Å²) in [6, 6.07) is 0. The monoisotopic (exact) mass is 580 g/mol. The summed E-state index contributed by atoms with van der Waals surface area (Å²) in [4.78, 5) is 11.3. The van der Waals surface area contributed by atoms with Crippen molar-refractivity contribution < 1.29 is 9.90 Å². The normalized spacial score (nSPS) is 22.8. The Labute approximate surface area is 136 Å². The minimum absolute atomic E-state index is 0.172. The average Bonchev–Trinajstić information content (AvgIpc) is 3.10. The Morgan fingerprint density at radius 3 is 2.50 bits per heavy atom. The fourth-order valence-electron chi connectivity index (χ4n) is 1.76. The fourth-order valence-corrected chi connectivity index (χ4v) is 11.3. The first kappa shape index (κ1) is 13.1. The standard InChI is InChI=1S/C13H11I3O2/c17-13(18)9-4-7-16-12(9)11-8(3-6-15-11)10-2-1-5-14-10/h1-7,14-16H,(H,17,18). The Kier molecular flexibility index (Phi) is 4.09. The van der Waals surface area contributed by atoms with E-state index in [9.17, 15) is 9.90 Å². The molecule has 3 aliphatic rings. The molecule has 96 valence electrons. The summed E-state index contributed by atoms with van der Waals surface area (Å²) >= 11 is -0.902. The molecule has 0 aromatic heterocycles. The van der Waals surface area contributed by atoms with Gasteiger partial charge in [-0.1, -0.05) is 0 Å². The summed E-state index contributed by atoms with van der Waals surface area (Å²) in [6.45, 7) is 0. The molecule has 0 unspecified atom stereocenters. The van der Waals surface area contributed by atoms with Crippen LogP contribution in [0.25, 0.3) is 0 Å². The van der Waals surface area contributed by atoms with Crippen LogP contribution in [-0.4, -0.2) is 11.1 Å². The Morgan fingerprint density at radius 2 is 1.78 bits per heavy atom. The first-order valence-corrected chi connectivity index (χ1v) is 12.7. The van der Waals surface area contributed by atoms with E-state index >= 15 is 0 Å². The zero-order valence-corrected chi connectivity index (χ0v) is 16.1. The third kappa shape index (κ3) is 2.40. The molecule has 0 aromatic rings. The summed E-state index contributed by atoms with van der Waals surface area (Å²) < 4.78 is 10.7. The molecular weight excluding hydrogens is 569 g/mol. The fraction of sp³-hybridized carbons (Fsp3) is 0. The van der Waals surface area contributed by atoms with E-state index < -0.39 is 27.2 Å². The second kappa shape index (κ2) is 5.61. The van der Waals surface area contributed by atoms with Gasteiger partial charge in [0.15, 0.2) is 0 Å². The van der Waals surface area contributed by atoms with Crippen LogP contribution in [0.4, 0.5) is 0 Å². The van der Waals surface area contributed by atoms with Crippen LogP contribution in [0.2, 0.25) is 0 Å². The van der Waals surface area contributed by atoms with Crippen LogP contribution >= 0.6 is 63.6 Å². The second-order valence-electron chi connectivity index (χ2n) is 3.61. The van der Waals surface area contributed by atoms with Gasteiger partial charge in [-0.25, -0.2) is 0 Å². The van der Waals surface area contributed by atoms with Gasteiger partial charge in [0.25, 0.3) is 0 Å². The number of aliphatic carboxylic acids is 1. The molecule has 0 saturated carbocycles. The third-order valence-corrected chi connectivity index (χ3v) is 11.7. The van der Waals surface area contributed by atoms with Crippen molar-refractivity contribution in [3.05, 3.63) is 58.4 Å². The SMILES string of the molecule is O=C(O)C1=C(C2=C(C3=CC=C[IH]3)C=C[IH]2)[IH]C=C1. The van der Waals surface area contributed by atoms with E-state index in [2.05, 4.69) is 30.5 Å². The minimum atomic E-state index is -0.759. The molecule has 1 N–H and O–H groups in total. The van der Waals surface area contributed by atoms with Gasteiger partial charge in [0, 0.05) is 0 Å². The first-order chi connectivity index (χ1) is 8.77. The van der Waals surface area contributed by atoms with E-state index in [4.69, 9.17) is 0 Å². The molecule has 2 nitrogen and oxygen atoms in total. The van der Waals surface area contributed by atoms with Crippen LogP contribution in [0.1, 0.15) is 0 Å². The van der Waals surface area contributed by atoms with E-state index in [-0.39, 0.29) is 42.4 Å². The zero-order valence-electron chi connectivity index (χ0n) is 9.12. The molecule has 0 saturated heterocycles. The van der Waals surface area contributed by atoms with Gasteiger partial charge in [-0.15, -0.1) is 0 Å². The first-order valence-electron chi connectivity index (χ1n) is 5.20. The number of hydrogen-bond acceptors (Lipinski definition) is 1. The van der Waals surface area contributed by atoms with Crippen LogP contribution in [0.15, 0.2) is 58.4 Å². The average molecular weight is 580 g/mol. The summed E-state index contributed by atoms with van der Waals surface area (Å²) in [5, 5.41) is 9.26. The molecule has 3 rings (SSSR count). The molecule has 0 atom stereocenters. The number of halogens is 3. The third-order valence-electron chi connectivity index (χ3n) is 2.55. The molecule has 0 aromatic carbocycles. The van der Waals surface area contributed by atoms with Crippen molar-refractivity contribution in [1.82, 2.24) is 0 Å². The van der Waals surface area contributed by atoms with Crippen LogP contribution in [0.5, 0.6) is 0 Å². The number of carboxylic acid groups (broad SMARTS) is 1. The molecule has 3 heterocycles. The Hall–Kier alpha value is 0.100. The van der Waals surface area contributed by atoms with E-state index in [1.165, 1.54) is 16.3 Å². The molecule has 0 radical (unpaired) electrons. The summed E-state index contributed by atoms with van der Waals surface area (Å²) in [5.41, 5.74) is 1.93. The van der Waals surface area contributed by atoms with Crippen molar-refractivity contribution in [2.45, 2.75) is 0 Å². The number of allylic oxidation sites excluding steroid dienone is 7. The number of rotatable bonds is 3. The molecule has 18 heavy (non-hydrogen) atoms. The Bertz CT molecular complexity index is 604. The summed E-state index contributed by atoms with van der Waals surface area (Å²) in [7, 11) is 0. The van der Waals surface area contributed by atoms with Gasteiger partial charge < -0.3 is 0 Å². The molecule has 0 fully saturated rings. The predicted molar refractivity (Wildman–Crippen MR) is 103 cm³/mol. The van der Waals surface area contributed by atoms with Crippen molar-refractivity contribution >= 4 is 69.6 Å².